The second-order valence-corrected chi connectivity index (χ2v) is 9.80. The molecule has 9 nitrogen and oxygen atoms in total. The van der Waals surface area contributed by atoms with E-state index in [1.165, 1.54) is 0 Å². The lowest BCUT2D eigenvalue weighted by Gasteiger charge is -2.23. The quantitative estimate of drug-likeness (QED) is 0.298. The molecule has 6 rings (SSSR count). The third-order valence-electron chi connectivity index (χ3n) is 6.48. The summed E-state index contributed by atoms with van der Waals surface area (Å²) in [7, 11) is 0. The van der Waals surface area contributed by atoms with Crippen molar-refractivity contribution in [2.45, 2.75) is 32.0 Å². The van der Waals surface area contributed by atoms with E-state index in [1.807, 2.05) is 42.5 Å². The number of aliphatic hydroxyl groups is 1. The van der Waals surface area contributed by atoms with Crippen LogP contribution in [0.4, 0.5) is 11.5 Å². The van der Waals surface area contributed by atoms with Crippen LogP contribution in [0.2, 0.25) is 0 Å². The largest absolute Gasteiger partial charge is 0.480 e. The number of anilines is 2. The smallest absolute Gasteiger partial charge is 0.326 e. The van der Waals surface area contributed by atoms with Gasteiger partial charge in [-0.3, -0.25) is 0 Å². The lowest BCUT2D eigenvalue weighted by Crippen LogP contribution is -2.36. The lowest BCUT2D eigenvalue weighted by molar-refractivity contribution is -0.138. The highest BCUT2D eigenvalue weighted by molar-refractivity contribution is 7.16. The standard InChI is InChI=1S/C25H23N5O4S/c1-13-27-22-16-4-2-3-5-19(16)34-23(22)24(28-13)30-11-14(8-18(30)25(32)33)9-21(31)29-15-6-7-17-20(10-15)35-12-26-17/h2-7,10,12,14,18,21,29,31H,8-9,11H2,1H3,(H,32,33)/t14-,18+,21?/m1/s1. The summed E-state index contributed by atoms with van der Waals surface area (Å²) < 4.78 is 7.11. The SMILES string of the molecule is Cc1nc(N2C[C@@H](CC(O)Nc3ccc4ncsc4c3)C[C@H]2C(=O)O)c2oc3ccccc3c2n1. The average Bonchev–Trinajstić information content (AvgIpc) is 3.55. The Bertz CT molecular complexity index is 1560. The number of hydrogen-bond donors (Lipinski definition) is 3. The number of para-hydroxylation sites is 1. The van der Waals surface area contributed by atoms with Crippen molar-refractivity contribution in [2.75, 3.05) is 16.8 Å². The van der Waals surface area contributed by atoms with Gasteiger partial charge in [-0.15, -0.1) is 11.3 Å². The van der Waals surface area contributed by atoms with E-state index in [0.717, 1.165) is 21.3 Å². The van der Waals surface area contributed by atoms with Crippen molar-refractivity contribution in [3.05, 3.63) is 53.8 Å². The Hall–Kier alpha value is -3.76. The Morgan fingerprint density at radius 2 is 2.14 bits per heavy atom. The van der Waals surface area contributed by atoms with Gasteiger partial charge >= 0.3 is 5.97 Å². The molecule has 3 N–H and O–H groups in total. The fourth-order valence-electron chi connectivity index (χ4n) is 4.95. The number of carboxylic acids is 1. The summed E-state index contributed by atoms with van der Waals surface area (Å²) in [6.07, 6.45) is -0.0285. The second-order valence-electron chi connectivity index (χ2n) is 8.91. The maximum atomic E-state index is 12.2. The first-order valence-electron chi connectivity index (χ1n) is 11.4. The second kappa shape index (κ2) is 8.47. The lowest BCUT2D eigenvalue weighted by atomic mass is 10.0. The van der Waals surface area contributed by atoms with E-state index in [0.29, 0.717) is 47.7 Å². The van der Waals surface area contributed by atoms with E-state index in [2.05, 4.69) is 20.3 Å². The van der Waals surface area contributed by atoms with E-state index in [1.54, 1.807) is 28.7 Å². The van der Waals surface area contributed by atoms with Crippen LogP contribution < -0.4 is 10.2 Å². The predicted molar refractivity (Wildman–Crippen MR) is 135 cm³/mol. The van der Waals surface area contributed by atoms with Gasteiger partial charge in [0, 0.05) is 17.6 Å². The summed E-state index contributed by atoms with van der Waals surface area (Å²) in [5.41, 5.74) is 5.36. The molecule has 5 aromatic rings. The van der Waals surface area contributed by atoms with Gasteiger partial charge < -0.3 is 24.8 Å². The molecule has 1 saturated heterocycles. The van der Waals surface area contributed by atoms with Gasteiger partial charge in [0.15, 0.2) is 11.4 Å². The third kappa shape index (κ3) is 3.94. The van der Waals surface area contributed by atoms with Crippen LogP contribution in [0.15, 0.2) is 52.4 Å². The molecule has 2 aromatic carbocycles. The van der Waals surface area contributed by atoms with Gasteiger partial charge in [0.2, 0.25) is 0 Å². The molecule has 1 unspecified atom stereocenters. The maximum Gasteiger partial charge on any atom is 0.326 e. The first kappa shape index (κ1) is 21.8. The van der Waals surface area contributed by atoms with Crippen LogP contribution in [0.25, 0.3) is 32.3 Å². The zero-order chi connectivity index (χ0) is 24.1. The van der Waals surface area contributed by atoms with Gasteiger partial charge in [-0.05, 0) is 56.0 Å². The van der Waals surface area contributed by atoms with Crippen LogP contribution >= 0.6 is 11.3 Å². The van der Waals surface area contributed by atoms with Crippen molar-refractivity contribution in [3.8, 4) is 0 Å². The summed E-state index contributed by atoms with van der Waals surface area (Å²) >= 11 is 1.54. The molecule has 0 amide bonds. The third-order valence-corrected chi connectivity index (χ3v) is 7.27. The topological polar surface area (TPSA) is 125 Å². The highest BCUT2D eigenvalue weighted by Gasteiger charge is 2.40. The number of benzene rings is 2. The molecule has 0 aliphatic carbocycles. The molecular weight excluding hydrogens is 466 g/mol. The van der Waals surface area contributed by atoms with E-state index in [4.69, 9.17) is 4.42 Å². The molecule has 0 radical (unpaired) electrons. The molecule has 35 heavy (non-hydrogen) atoms. The summed E-state index contributed by atoms with van der Waals surface area (Å²) in [6.45, 7) is 2.23. The number of furan rings is 1. The molecule has 1 aliphatic heterocycles. The number of nitrogens with one attached hydrogen (secondary N) is 1. The van der Waals surface area contributed by atoms with Crippen LogP contribution in [-0.4, -0.2) is 49.9 Å². The molecule has 3 aromatic heterocycles. The molecule has 1 fully saturated rings. The molecule has 1 aliphatic rings. The first-order chi connectivity index (χ1) is 17.0. The summed E-state index contributed by atoms with van der Waals surface area (Å²) in [6, 6.07) is 12.6. The number of aryl methyl sites for hydroxylation is 1. The number of hydrogen-bond acceptors (Lipinski definition) is 9. The van der Waals surface area contributed by atoms with Gasteiger partial charge in [-0.2, -0.15) is 0 Å². The maximum absolute atomic E-state index is 12.2. The Morgan fingerprint density at radius 1 is 1.29 bits per heavy atom. The van der Waals surface area contributed by atoms with Crippen LogP contribution in [-0.2, 0) is 4.79 Å². The average molecular weight is 490 g/mol. The predicted octanol–water partition coefficient (Wildman–Crippen LogP) is 4.39. The molecule has 0 spiro atoms. The van der Waals surface area contributed by atoms with Crippen molar-refractivity contribution < 1.29 is 19.4 Å². The van der Waals surface area contributed by atoms with Crippen LogP contribution in [0.5, 0.6) is 0 Å². The number of aliphatic carboxylic acids is 1. The minimum absolute atomic E-state index is 0.0552. The molecule has 178 valence electrons. The van der Waals surface area contributed by atoms with Gasteiger partial charge in [0.05, 0.1) is 15.7 Å². The molecule has 10 heteroatoms. The molecule has 0 saturated carbocycles. The van der Waals surface area contributed by atoms with E-state index < -0.39 is 18.2 Å². The van der Waals surface area contributed by atoms with Gasteiger partial charge in [0.25, 0.3) is 0 Å². The first-order valence-corrected chi connectivity index (χ1v) is 12.3. The van der Waals surface area contributed by atoms with Crippen molar-refractivity contribution in [3.63, 3.8) is 0 Å². The highest BCUT2D eigenvalue weighted by Crippen LogP contribution is 2.38. The number of aromatic nitrogens is 3. The minimum Gasteiger partial charge on any atom is -0.480 e. The fourth-order valence-corrected chi connectivity index (χ4v) is 5.67. The van der Waals surface area contributed by atoms with Crippen molar-refractivity contribution in [1.29, 1.82) is 0 Å². The zero-order valence-corrected chi connectivity index (χ0v) is 19.7. The van der Waals surface area contributed by atoms with Crippen molar-refractivity contribution >= 4 is 61.1 Å². The summed E-state index contributed by atoms with van der Waals surface area (Å²) in [5, 5.41) is 24.7. The minimum atomic E-state index is -0.925. The van der Waals surface area contributed by atoms with Crippen LogP contribution in [0, 0.1) is 12.8 Å². The zero-order valence-electron chi connectivity index (χ0n) is 18.9. The number of carbonyl (C=O) groups is 1. The normalized spacial score (nSPS) is 19.1. The van der Waals surface area contributed by atoms with Gasteiger partial charge in [-0.25, -0.2) is 19.7 Å². The van der Waals surface area contributed by atoms with E-state index >= 15 is 0 Å². The highest BCUT2D eigenvalue weighted by atomic mass is 32.1. The van der Waals surface area contributed by atoms with Crippen molar-refractivity contribution in [2.24, 2.45) is 5.92 Å². The number of nitrogens with zero attached hydrogens (tertiary/aromatic N) is 4. The number of rotatable bonds is 6. The van der Waals surface area contributed by atoms with Crippen molar-refractivity contribution in [1.82, 2.24) is 15.0 Å². The molecule has 3 atom stereocenters. The monoisotopic (exact) mass is 489 g/mol. The number of thiazole rings is 1. The number of fused-ring (bicyclic) bond motifs is 4. The van der Waals surface area contributed by atoms with Gasteiger partial charge in [0.1, 0.15) is 29.2 Å². The summed E-state index contributed by atoms with van der Waals surface area (Å²) in [4.78, 5) is 27.4. The summed E-state index contributed by atoms with van der Waals surface area (Å²) in [5.74, 6) is 0.0510. The number of carboxylic acid groups (broad SMARTS) is 1. The molecular formula is C25H23N5O4S. The Balaban J connectivity index is 1.27. The fraction of sp³-hybridized carbons (Fsp3) is 0.280. The number of aliphatic hydroxyl groups excluding tert-OH is 1. The Morgan fingerprint density at radius 3 is 3.00 bits per heavy atom. The van der Waals surface area contributed by atoms with Crippen LogP contribution in [0.1, 0.15) is 18.7 Å². The molecule has 0 bridgehead atoms. The van der Waals surface area contributed by atoms with E-state index in [-0.39, 0.29) is 5.92 Å². The van der Waals surface area contributed by atoms with Gasteiger partial charge in [-0.1, -0.05) is 12.1 Å². The Labute approximate surface area is 204 Å². The Kier molecular flexibility index (Phi) is 5.27. The molecule has 4 heterocycles. The van der Waals surface area contributed by atoms with E-state index in [9.17, 15) is 15.0 Å². The van der Waals surface area contributed by atoms with Crippen LogP contribution in [0.3, 0.4) is 0 Å².